The van der Waals surface area contributed by atoms with Crippen LogP contribution in [0.1, 0.15) is 64.6 Å². The molecular weight excluding hydrogens is 342 g/mol. The minimum atomic E-state index is -0.549. The molecule has 4 rings (SSSR count). The van der Waals surface area contributed by atoms with Gasteiger partial charge in [0, 0.05) is 49.1 Å². The molecule has 0 spiro atoms. The molecule has 2 bridgehead atoms. The van der Waals surface area contributed by atoms with Gasteiger partial charge in [0.15, 0.2) is 0 Å². The molecule has 0 unspecified atom stereocenters. The number of likely N-dealkylation sites (tertiary alicyclic amines) is 1. The van der Waals surface area contributed by atoms with Crippen molar-refractivity contribution in [3.63, 3.8) is 0 Å². The Hall–Kier alpha value is -2.11. The van der Waals surface area contributed by atoms with Crippen molar-refractivity contribution in [3.05, 3.63) is 34.2 Å². The Balaban J connectivity index is 1.73. The third-order valence-corrected chi connectivity index (χ3v) is 6.91. The number of rotatable bonds is 2. The second kappa shape index (κ2) is 5.94. The number of hydrogen-bond donors (Lipinski definition) is 1. The van der Waals surface area contributed by atoms with Gasteiger partial charge in [0.05, 0.1) is 0 Å². The van der Waals surface area contributed by atoms with Gasteiger partial charge in [0.2, 0.25) is 11.8 Å². The van der Waals surface area contributed by atoms with E-state index in [0.717, 1.165) is 25.0 Å². The summed E-state index contributed by atoms with van der Waals surface area (Å²) in [7, 11) is 0. The Kier molecular flexibility index (Phi) is 4.02. The predicted octanol–water partition coefficient (Wildman–Crippen LogP) is 2.05. The summed E-state index contributed by atoms with van der Waals surface area (Å²) in [4.78, 5) is 40.0. The Labute approximate surface area is 159 Å². The van der Waals surface area contributed by atoms with Crippen LogP contribution in [0.3, 0.4) is 0 Å². The van der Waals surface area contributed by atoms with Gasteiger partial charge in [-0.15, -0.1) is 0 Å². The number of aromatic nitrogens is 1. The lowest BCUT2D eigenvalue weighted by molar-refractivity contribution is -0.136. The van der Waals surface area contributed by atoms with E-state index in [1.807, 2.05) is 11.0 Å². The van der Waals surface area contributed by atoms with Gasteiger partial charge in [0.1, 0.15) is 6.04 Å². The molecular formula is C21H29N3O3. The number of hydrogen-bond acceptors (Lipinski definition) is 3. The first kappa shape index (κ1) is 18.3. The lowest BCUT2D eigenvalue weighted by Gasteiger charge is -2.46. The molecule has 0 aromatic carbocycles. The molecule has 3 atom stereocenters. The van der Waals surface area contributed by atoms with Crippen LogP contribution in [0.15, 0.2) is 23.0 Å². The minimum absolute atomic E-state index is 0.0255. The minimum Gasteiger partial charge on any atom is -0.348 e. The van der Waals surface area contributed by atoms with Gasteiger partial charge < -0.3 is 10.2 Å². The molecule has 3 heterocycles. The largest absolute Gasteiger partial charge is 0.348 e. The zero-order valence-electron chi connectivity index (χ0n) is 16.6. The van der Waals surface area contributed by atoms with E-state index in [4.69, 9.17) is 0 Å². The summed E-state index contributed by atoms with van der Waals surface area (Å²) < 4.78 is 1.70. The fourth-order valence-electron chi connectivity index (χ4n) is 5.03. The van der Waals surface area contributed by atoms with Crippen LogP contribution in [0, 0.1) is 11.3 Å². The molecule has 3 aliphatic rings. The maximum absolute atomic E-state index is 13.4. The number of piperidine rings is 1. The van der Waals surface area contributed by atoms with E-state index in [9.17, 15) is 14.4 Å². The highest BCUT2D eigenvalue weighted by Crippen LogP contribution is 2.50. The lowest BCUT2D eigenvalue weighted by Crippen LogP contribution is -2.56. The molecule has 6 heteroatoms. The van der Waals surface area contributed by atoms with Crippen molar-refractivity contribution < 1.29 is 9.59 Å². The third kappa shape index (κ3) is 2.89. The lowest BCUT2D eigenvalue weighted by atomic mass is 9.77. The number of nitrogens with zero attached hydrogens (tertiary/aromatic N) is 2. The summed E-state index contributed by atoms with van der Waals surface area (Å²) in [5, 5.41) is 3.29. The number of nitrogens with one attached hydrogen (secondary N) is 1. The predicted molar refractivity (Wildman–Crippen MR) is 102 cm³/mol. The average molecular weight is 371 g/mol. The van der Waals surface area contributed by atoms with Crippen molar-refractivity contribution in [2.24, 2.45) is 11.3 Å². The molecule has 1 aliphatic carbocycles. The van der Waals surface area contributed by atoms with Crippen LogP contribution in [0.2, 0.25) is 0 Å². The molecule has 2 aliphatic heterocycles. The Morgan fingerprint density at radius 3 is 2.48 bits per heavy atom. The SMILES string of the molecule is CC(=O)N1C[C@H]2C[C@@H](C1)[C@H](C(=O)NC1(C(C)(C)C)CC1)n1c2cccc1=O. The van der Waals surface area contributed by atoms with Crippen LogP contribution in [0.4, 0.5) is 0 Å². The molecule has 1 N–H and O–H groups in total. The summed E-state index contributed by atoms with van der Waals surface area (Å²) in [6.45, 7) is 9.18. The van der Waals surface area contributed by atoms with Gasteiger partial charge in [-0.1, -0.05) is 26.8 Å². The Morgan fingerprint density at radius 1 is 1.19 bits per heavy atom. The van der Waals surface area contributed by atoms with Crippen molar-refractivity contribution in [3.8, 4) is 0 Å². The maximum atomic E-state index is 13.4. The van der Waals surface area contributed by atoms with Gasteiger partial charge in [-0.25, -0.2) is 0 Å². The van der Waals surface area contributed by atoms with E-state index in [1.165, 1.54) is 6.07 Å². The van der Waals surface area contributed by atoms with E-state index in [1.54, 1.807) is 17.6 Å². The van der Waals surface area contributed by atoms with Crippen molar-refractivity contribution in [2.45, 2.75) is 64.5 Å². The molecule has 6 nitrogen and oxygen atoms in total. The number of pyridine rings is 1. The highest BCUT2D eigenvalue weighted by molar-refractivity contribution is 5.83. The van der Waals surface area contributed by atoms with Crippen molar-refractivity contribution in [1.29, 1.82) is 0 Å². The van der Waals surface area contributed by atoms with Crippen LogP contribution >= 0.6 is 0 Å². The van der Waals surface area contributed by atoms with E-state index in [0.29, 0.717) is 13.1 Å². The normalized spacial score (nSPS) is 28.3. The van der Waals surface area contributed by atoms with Gasteiger partial charge in [0.25, 0.3) is 5.56 Å². The standard InChI is InChI=1S/C21H29N3O3/c1-13(25)23-11-14-10-15(12-23)18(24-16(14)6-5-7-17(24)26)19(27)22-21(8-9-21)20(2,3)4/h5-7,14-15,18H,8-12H2,1-4H3,(H,22,27)/t14-,15+,18-/m1/s1. The van der Waals surface area contributed by atoms with Crippen LogP contribution in [-0.2, 0) is 9.59 Å². The molecule has 1 saturated carbocycles. The summed E-state index contributed by atoms with van der Waals surface area (Å²) >= 11 is 0. The molecule has 2 fully saturated rings. The Bertz CT molecular complexity index is 847. The maximum Gasteiger partial charge on any atom is 0.251 e. The van der Waals surface area contributed by atoms with Crippen molar-refractivity contribution in [1.82, 2.24) is 14.8 Å². The number of carbonyl (C=O) groups is 2. The fourth-order valence-corrected chi connectivity index (χ4v) is 5.03. The molecule has 146 valence electrons. The van der Waals surface area contributed by atoms with Crippen molar-refractivity contribution >= 4 is 11.8 Å². The topological polar surface area (TPSA) is 71.4 Å². The van der Waals surface area contributed by atoms with E-state index >= 15 is 0 Å². The number of carbonyl (C=O) groups excluding carboxylic acids is 2. The highest BCUT2D eigenvalue weighted by atomic mass is 16.2. The van der Waals surface area contributed by atoms with E-state index in [-0.39, 0.29) is 40.2 Å². The van der Waals surface area contributed by atoms with Crippen LogP contribution in [-0.4, -0.2) is 39.9 Å². The van der Waals surface area contributed by atoms with Crippen LogP contribution < -0.4 is 10.9 Å². The van der Waals surface area contributed by atoms with E-state index in [2.05, 4.69) is 26.1 Å². The first-order valence-corrected chi connectivity index (χ1v) is 9.92. The van der Waals surface area contributed by atoms with Gasteiger partial charge >= 0.3 is 0 Å². The second-order valence-corrected chi connectivity index (χ2v) is 9.54. The Morgan fingerprint density at radius 2 is 1.89 bits per heavy atom. The molecule has 1 aromatic rings. The summed E-state index contributed by atoms with van der Waals surface area (Å²) in [6.07, 6.45) is 2.78. The third-order valence-electron chi connectivity index (χ3n) is 6.91. The second-order valence-electron chi connectivity index (χ2n) is 9.54. The summed E-state index contributed by atoms with van der Waals surface area (Å²) in [6, 6.07) is 4.67. The van der Waals surface area contributed by atoms with Crippen LogP contribution in [0.5, 0.6) is 0 Å². The van der Waals surface area contributed by atoms with E-state index < -0.39 is 6.04 Å². The van der Waals surface area contributed by atoms with Gasteiger partial charge in [-0.2, -0.15) is 0 Å². The molecule has 1 saturated heterocycles. The fraction of sp³-hybridized carbons (Fsp3) is 0.667. The van der Waals surface area contributed by atoms with Crippen LogP contribution in [0.25, 0.3) is 0 Å². The monoisotopic (exact) mass is 371 g/mol. The zero-order chi connectivity index (χ0) is 19.6. The molecule has 1 aromatic heterocycles. The van der Waals surface area contributed by atoms with Crippen molar-refractivity contribution in [2.75, 3.05) is 13.1 Å². The first-order chi connectivity index (χ1) is 12.6. The number of fused-ring (bicyclic) bond motifs is 4. The summed E-state index contributed by atoms with van der Waals surface area (Å²) in [5.74, 6) is 0.0360. The van der Waals surface area contributed by atoms with Gasteiger partial charge in [-0.3, -0.25) is 19.0 Å². The zero-order valence-corrected chi connectivity index (χ0v) is 16.6. The smallest absolute Gasteiger partial charge is 0.251 e. The molecule has 2 amide bonds. The highest BCUT2D eigenvalue weighted by Gasteiger charge is 2.54. The molecule has 0 radical (unpaired) electrons. The average Bonchev–Trinajstić information content (AvgIpc) is 3.36. The van der Waals surface area contributed by atoms with Gasteiger partial charge in [-0.05, 0) is 30.7 Å². The molecule has 27 heavy (non-hydrogen) atoms. The number of amides is 2. The quantitative estimate of drug-likeness (QED) is 0.865. The summed E-state index contributed by atoms with van der Waals surface area (Å²) in [5.41, 5.74) is 0.543. The first-order valence-electron chi connectivity index (χ1n) is 9.92.